The Kier molecular flexibility index (Phi) is 17.1. The highest BCUT2D eigenvalue weighted by atomic mass is 16.5. The van der Waals surface area contributed by atoms with Crippen LogP contribution in [-0.4, -0.2) is 48.0 Å². The van der Waals surface area contributed by atoms with Gasteiger partial charge in [-0.05, 0) is 137 Å². The predicted octanol–water partition coefficient (Wildman–Crippen LogP) is 18.6. The number of carbonyl (C=O) groups is 4. The highest BCUT2D eigenvalue weighted by molar-refractivity contribution is 6.15. The summed E-state index contributed by atoms with van der Waals surface area (Å²) in [6.07, 6.45) is 0. The van der Waals surface area contributed by atoms with Gasteiger partial charge in [0.25, 0.3) is 0 Å². The fourth-order valence-corrected chi connectivity index (χ4v) is 12.5. The summed E-state index contributed by atoms with van der Waals surface area (Å²) in [5, 5.41) is 13.2. The molecule has 0 saturated heterocycles. The van der Waals surface area contributed by atoms with E-state index in [-0.39, 0.29) is 60.3 Å². The molecule has 0 atom stereocenters. The van der Waals surface area contributed by atoms with E-state index >= 15 is 0 Å². The number of fused-ring (bicyclic) bond motifs is 6. The molecule has 0 amide bonds. The van der Waals surface area contributed by atoms with Gasteiger partial charge in [-0.1, -0.05) is 182 Å². The van der Waals surface area contributed by atoms with Crippen molar-refractivity contribution in [2.75, 3.05) is 0 Å². The minimum absolute atomic E-state index is 0.0439. The van der Waals surface area contributed by atoms with Crippen molar-refractivity contribution in [3.8, 4) is 62.7 Å². The molecule has 0 aliphatic carbocycles. The first kappa shape index (κ1) is 62.2. The second-order valence-electron chi connectivity index (χ2n) is 23.7. The predicted molar refractivity (Wildman–Crippen MR) is 383 cm³/mol. The van der Waals surface area contributed by atoms with Crippen LogP contribution >= 0.6 is 0 Å². The molecule has 0 spiro atoms. The van der Waals surface area contributed by atoms with Gasteiger partial charge in [0.2, 0.25) is 0 Å². The minimum Gasteiger partial charge on any atom is -0.457 e. The molecule has 15 heteroatoms. The van der Waals surface area contributed by atoms with E-state index in [4.69, 9.17) is 40.5 Å². The Balaban J connectivity index is 0.931. The summed E-state index contributed by atoms with van der Waals surface area (Å²) < 4.78 is 27.5. The maximum Gasteiger partial charge on any atom is 0.338 e. The fraction of sp³-hybridized carbons (Fsp3) is 0.0471. The largest absolute Gasteiger partial charge is 0.457 e. The van der Waals surface area contributed by atoms with Crippen LogP contribution in [0.25, 0.3) is 105 Å². The molecule has 0 N–H and O–H groups in total. The zero-order chi connectivity index (χ0) is 68.1. The van der Waals surface area contributed by atoms with Gasteiger partial charge in [0.05, 0.1) is 73.9 Å². The van der Waals surface area contributed by atoms with E-state index in [1.54, 1.807) is 72.8 Å². The van der Waals surface area contributed by atoms with Gasteiger partial charge in [0.1, 0.15) is 26.4 Å². The minimum atomic E-state index is -0.557. The summed E-state index contributed by atoms with van der Waals surface area (Å²) in [5.41, 5.74) is 11.7. The number of esters is 4. The molecule has 0 aliphatic heterocycles. The molecule has 12 aromatic carbocycles. The van der Waals surface area contributed by atoms with E-state index in [9.17, 15) is 24.4 Å². The Morgan fingerprint density at radius 2 is 0.720 bits per heavy atom. The van der Waals surface area contributed by atoms with E-state index in [0.29, 0.717) is 99.9 Å². The van der Waals surface area contributed by atoms with Crippen LogP contribution in [0.1, 0.15) is 69.2 Å². The number of nitriles is 1. The van der Waals surface area contributed by atoms with Crippen LogP contribution in [0.4, 0.5) is 5.69 Å². The molecule has 0 bridgehead atoms. The maximum atomic E-state index is 14.1. The highest BCUT2D eigenvalue weighted by Crippen LogP contribution is 2.43. The van der Waals surface area contributed by atoms with Gasteiger partial charge in [-0.25, -0.2) is 39.0 Å². The lowest BCUT2D eigenvalue weighted by Gasteiger charge is -2.18. The Bertz CT molecular complexity index is 5560. The SMILES string of the molecule is [C-]#[N+]c1ccccc1-c1ccc(-n2c3ccc(C(=O)OCc4ccccc4)cc3c3cc(C(=O)OCc4ccccc4)ccc32)c(-c2nc(-c3ccccc3)nc(-c3ccc(C#N)cc3-n3c4ccc(C(=O)OCc5ccccc5)cc4c4cc(C(=O)OCc5ccccc5)ccc43)n2)c1. The molecule has 15 aromatic rings. The standard InChI is InChI=1S/C85H55N7O8/c1-87-72-30-18-17-29-65(72)60-32-38-77(91-73-39-33-61(82(93)97-50-54-19-7-2-8-20-54)45-67(73)68-46-62(34-40-74(68)91)83(94)98-51-55-21-9-3-10-22-55)71(44-60)81-89-79(59-27-15-6-16-28-59)88-80(90-81)66-37-31-58(49-86)43-78(66)92-75-41-35-63(84(95)99-52-56-23-11-4-12-24-56)47-69(75)70-48-64(36-42-76(70)92)85(96)100-53-57-25-13-5-14-26-57/h2-48H,50-53H2. The number of nitrogens with zero attached hydrogens (tertiary/aromatic N) is 7. The third-order valence-electron chi connectivity index (χ3n) is 17.4. The zero-order valence-corrected chi connectivity index (χ0v) is 53.4. The van der Waals surface area contributed by atoms with Crippen LogP contribution in [-0.2, 0) is 45.4 Å². The number of ether oxygens (including phenoxy) is 4. The lowest BCUT2D eigenvalue weighted by molar-refractivity contribution is 0.0464. The molecule has 15 nitrogen and oxygen atoms in total. The van der Waals surface area contributed by atoms with Gasteiger partial charge in [-0.15, -0.1) is 0 Å². The molecule has 478 valence electrons. The van der Waals surface area contributed by atoms with Crippen molar-refractivity contribution >= 4 is 73.2 Å². The van der Waals surface area contributed by atoms with Crippen LogP contribution < -0.4 is 0 Å². The van der Waals surface area contributed by atoms with Crippen molar-refractivity contribution in [1.82, 2.24) is 24.1 Å². The topological polar surface area (TPSA) is 182 Å². The number of aromatic nitrogens is 5. The first-order chi connectivity index (χ1) is 49.1. The summed E-state index contributed by atoms with van der Waals surface area (Å²) in [4.78, 5) is 76.4. The van der Waals surface area contributed by atoms with Crippen LogP contribution in [0.2, 0.25) is 0 Å². The molecule has 0 aliphatic rings. The molecule has 0 radical (unpaired) electrons. The summed E-state index contributed by atoms with van der Waals surface area (Å²) in [7, 11) is 0. The number of hydrogen-bond acceptors (Lipinski definition) is 12. The fourth-order valence-electron chi connectivity index (χ4n) is 12.5. The molecule has 0 unspecified atom stereocenters. The Morgan fingerprint density at radius 3 is 1.13 bits per heavy atom. The van der Waals surface area contributed by atoms with Crippen LogP contribution in [0, 0.1) is 17.9 Å². The zero-order valence-electron chi connectivity index (χ0n) is 53.4. The summed E-state index contributed by atoms with van der Waals surface area (Å²) in [5.74, 6) is -1.48. The molecule has 100 heavy (non-hydrogen) atoms. The summed E-state index contributed by atoms with van der Waals surface area (Å²) in [6.45, 7) is 8.48. The van der Waals surface area contributed by atoms with E-state index in [0.717, 1.165) is 22.3 Å². The quantitative estimate of drug-likeness (QED) is 0.0451. The van der Waals surface area contributed by atoms with E-state index in [1.807, 2.05) is 221 Å². The molecule has 15 rings (SSSR count). The second kappa shape index (κ2) is 27.4. The highest BCUT2D eigenvalue weighted by Gasteiger charge is 2.27. The van der Waals surface area contributed by atoms with Gasteiger partial charge < -0.3 is 28.1 Å². The van der Waals surface area contributed by atoms with Gasteiger partial charge in [-0.3, -0.25) is 0 Å². The molecule has 0 saturated carbocycles. The van der Waals surface area contributed by atoms with Crippen molar-refractivity contribution in [3.05, 3.63) is 347 Å². The average molecular weight is 1300 g/mol. The first-order valence-electron chi connectivity index (χ1n) is 32.1. The van der Waals surface area contributed by atoms with Gasteiger partial charge in [-0.2, -0.15) is 5.26 Å². The number of rotatable bonds is 18. The van der Waals surface area contributed by atoms with E-state index < -0.39 is 23.9 Å². The summed E-state index contributed by atoms with van der Waals surface area (Å²) in [6, 6.07) is 89.1. The second-order valence-corrected chi connectivity index (χ2v) is 23.7. The third-order valence-corrected chi connectivity index (χ3v) is 17.4. The average Bonchev–Trinajstić information content (AvgIpc) is 1.56. The monoisotopic (exact) mass is 1300 g/mol. The van der Waals surface area contributed by atoms with Crippen molar-refractivity contribution in [1.29, 1.82) is 5.26 Å². The van der Waals surface area contributed by atoms with E-state index in [2.05, 4.69) is 10.9 Å². The Labute approximate surface area is 573 Å². The Morgan fingerprint density at radius 1 is 0.350 bits per heavy atom. The lowest BCUT2D eigenvalue weighted by atomic mass is 9.99. The normalized spacial score (nSPS) is 11.1. The number of carbonyl (C=O) groups excluding carboxylic acids is 4. The van der Waals surface area contributed by atoms with Gasteiger partial charge in [0.15, 0.2) is 23.2 Å². The van der Waals surface area contributed by atoms with Crippen molar-refractivity contribution in [2.45, 2.75) is 26.4 Å². The van der Waals surface area contributed by atoms with Crippen LogP contribution in [0.15, 0.2) is 285 Å². The first-order valence-corrected chi connectivity index (χ1v) is 32.1. The van der Waals surface area contributed by atoms with Crippen molar-refractivity contribution in [3.63, 3.8) is 0 Å². The number of benzene rings is 12. The van der Waals surface area contributed by atoms with Crippen molar-refractivity contribution in [2.24, 2.45) is 0 Å². The van der Waals surface area contributed by atoms with Crippen molar-refractivity contribution < 1.29 is 38.1 Å². The van der Waals surface area contributed by atoms with Gasteiger partial charge >= 0.3 is 23.9 Å². The number of para-hydroxylation sites is 1. The van der Waals surface area contributed by atoms with Crippen LogP contribution in [0.3, 0.4) is 0 Å². The maximum absolute atomic E-state index is 14.1. The third kappa shape index (κ3) is 12.6. The molecule has 0 fully saturated rings. The smallest absolute Gasteiger partial charge is 0.338 e. The van der Waals surface area contributed by atoms with Crippen LogP contribution in [0.5, 0.6) is 0 Å². The molecule has 3 aromatic heterocycles. The number of hydrogen-bond donors (Lipinski definition) is 0. The van der Waals surface area contributed by atoms with E-state index in [1.165, 1.54) is 0 Å². The molecule has 3 heterocycles. The summed E-state index contributed by atoms with van der Waals surface area (Å²) >= 11 is 0. The molecular weight excluding hydrogens is 1250 g/mol. The lowest BCUT2D eigenvalue weighted by Crippen LogP contribution is -2.07. The Hall–Kier alpha value is -13.9. The van der Waals surface area contributed by atoms with Gasteiger partial charge in [0, 0.05) is 38.2 Å². The molecular formula is C85H55N7O8.